The number of hydrogen-bond acceptors (Lipinski definition) is 2. The molecule has 0 spiro atoms. The van der Waals surface area contributed by atoms with Crippen LogP contribution in [0.1, 0.15) is 25.3 Å². The second-order valence-electron chi connectivity index (χ2n) is 5.73. The molecular weight excluding hydrogens is 284 g/mol. The van der Waals surface area contributed by atoms with Gasteiger partial charge in [-0.05, 0) is 37.8 Å². The third kappa shape index (κ3) is 3.87. The third-order valence-corrected chi connectivity index (χ3v) is 3.89. The van der Waals surface area contributed by atoms with Crippen molar-refractivity contribution in [2.75, 3.05) is 18.0 Å². The van der Waals surface area contributed by atoms with Gasteiger partial charge in [0, 0.05) is 19.1 Å². The highest BCUT2D eigenvalue weighted by Crippen LogP contribution is 2.36. The van der Waals surface area contributed by atoms with E-state index in [1.807, 2.05) is 6.92 Å². The van der Waals surface area contributed by atoms with E-state index in [1.54, 1.807) is 17.0 Å². The predicted molar refractivity (Wildman–Crippen MR) is 74.7 cm³/mol. The summed E-state index contributed by atoms with van der Waals surface area (Å²) in [6.07, 6.45) is -3.63. The molecule has 1 atom stereocenters. The number of para-hydroxylation sites is 1. The van der Waals surface area contributed by atoms with Crippen LogP contribution in [0.25, 0.3) is 0 Å². The van der Waals surface area contributed by atoms with Gasteiger partial charge in [0.2, 0.25) is 0 Å². The Hall–Kier alpha value is -1.30. The molecule has 1 aromatic rings. The standard InChI is InChI=1S/C15H20F4N2/c1-10(20)9-11-3-2-4-13(16)14(11)21-7-5-12(6-8-21)15(17,18)19/h2-4,10,12H,5-9,20H2,1H3. The van der Waals surface area contributed by atoms with Crippen molar-refractivity contribution in [2.45, 2.75) is 38.4 Å². The molecule has 0 aromatic heterocycles. The number of hydrogen-bond donors (Lipinski definition) is 1. The van der Waals surface area contributed by atoms with Crippen LogP contribution in [0.5, 0.6) is 0 Å². The van der Waals surface area contributed by atoms with Gasteiger partial charge in [-0.15, -0.1) is 0 Å². The summed E-state index contributed by atoms with van der Waals surface area (Å²) in [6.45, 7) is 2.26. The maximum Gasteiger partial charge on any atom is 0.391 e. The van der Waals surface area contributed by atoms with Crippen LogP contribution in [0.3, 0.4) is 0 Å². The second-order valence-corrected chi connectivity index (χ2v) is 5.73. The van der Waals surface area contributed by atoms with Gasteiger partial charge >= 0.3 is 6.18 Å². The van der Waals surface area contributed by atoms with Gasteiger partial charge in [-0.25, -0.2) is 4.39 Å². The molecule has 0 radical (unpaired) electrons. The highest BCUT2D eigenvalue weighted by Gasteiger charge is 2.41. The molecule has 1 unspecified atom stereocenters. The number of rotatable bonds is 3. The average molecular weight is 304 g/mol. The van der Waals surface area contributed by atoms with Gasteiger partial charge < -0.3 is 10.6 Å². The molecule has 118 valence electrons. The number of benzene rings is 1. The number of piperidine rings is 1. The normalized spacial score (nSPS) is 18.9. The average Bonchev–Trinajstić information content (AvgIpc) is 2.37. The Morgan fingerprint density at radius 2 is 1.90 bits per heavy atom. The van der Waals surface area contributed by atoms with E-state index >= 15 is 0 Å². The van der Waals surface area contributed by atoms with Crippen molar-refractivity contribution in [2.24, 2.45) is 11.7 Å². The van der Waals surface area contributed by atoms with Gasteiger partial charge in [0.15, 0.2) is 0 Å². The van der Waals surface area contributed by atoms with Crippen molar-refractivity contribution in [3.63, 3.8) is 0 Å². The highest BCUT2D eigenvalue weighted by molar-refractivity contribution is 5.55. The first-order valence-electron chi connectivity index (χ1n) is 7.13. The Bertz CT molecular complexity index is 477. The zero-order chi connectivity index (χ0) is 15.6. The van der Waals surface area contributed by atoms with E-state index in [0.717, 1.165) is 5.56 Å². The van der Waals surface area contributed by atoms with Crippen LogP contribution in [0.15, 0.2) is 18.2 Å². The fourth-order valence-corrected chi connectivity index (χ4v) is 2.86. The Labute approximate surface area is 121 Å². The first-order chi connectivity index (χ1) is 9.79. The van der Waals surface area contributed by atoms with Crippen molar-refractivity contribution in [3.8, 4) is 0 Å². The Morgan fingerprint density at radius 1 is 1.29 bits per heavy atom. The number of nitrogens with zero attached hydrogens (tertiary/aromatic N) is 1. The lowest BCUT2D eigenvalue weighted by molar-refractivity contribution is -0.179. The van der Waals surface area contributed by atoms with Crippen LogP contribution in [0, 0.1) is 11.7 Å². The monoisotopic (exact) mass is 304 g/mol. The fourth-order valence-electron chi connectivity index (χ4n) is 2.86. The van der Waals surface area contributed by atoms with Gasteiger partial charge in [-0.3, -0.25) is 0 Å². The van der Waals surface area contributed by atoms with E-state index in [0.29, 0.717) is 12.1 Å². The summed E-state index contributed by atoms with van der Waals surface area (Å²) >= 11 is 0. The second kappa shape index (κ2) is 6.22. The van der Waals surface area contributed by atoms with Crippen LogP contribution in [-0.4, -0.2) is 25.3 Å². The van der Waals surface area contributed by atoms with E-state index in [-0.39, 0.29) is 32.0 Å². The molecule has 2 N–H and O–H groups in total. The van der Waals surface area contributed by atoms with E-state index in [2.05, 4.69) is 0 Å². The lowest BCUT2D eigenvalue weighted by Crippen LogP contribution is -2.40. The zero-order valence-corrected chi connectivity index (χ0v) is 12.0. The van der Waals surface area contributed by atoms with Crippen molar-refractivity contribution in [1.29, 1.82) is 0 Å². The highest BCUT2D eigenvalue weighted by atomic mass is 19.4. The predicted octanol–water partition coefficient (Wildman–Crippen LogP) is 3.49. The molecule has 1 saturated heterocycles. The topological polar surface area (TPSA) is 29.3 Å². The maximum atomic E-state index is 14.1. The summed E-state index contributed by atoms with van der Waals surface area (Å²) in [5, 5.41) is 0. The molecule has 1 fully saturated rings. The molecule has 21 heavy (non-hydrogen) atoms. The zero-order valence-electron chi connectivity index (χ0n) is 12.0. The van der Waals surface area contributed by atoms with Crippen molar-refractivity contribution >= 4 is 5.69 Å². The summed E-state index contributed by atoms with van der Waals surface area (Å²) in [5.41, 5.74) is 6.93. The van der Waals surface area contributed by atoms with Crippen molar-refractivity contribution < 1.29 is 17.6 Å². The molecule has 1 aliphatic heterocycles. The molecule has 1 aliphatic rings. The molecule has 2 rings (SSSR count). The fraction of sp³-hybridized carbons (Fsp3) is 0.600. The molecule has 1 aromatic carbocycles. The Morgan fingerprint density at radius 3 is 2.43 bits per heavy atom. The van der Waals surface area contributed by atoms with Crippen LogP contribution < -0.4 is 10.6 Å². The minimum absolute atomic E-state index is 0.00938. The smallest absolute Gasteiger partial charge is 0.369 e. The molecule has 0 bridgehead atoms. The third-order valence-electron chi connectivity index (χ3n) is 3.89. The van der Waals surface area contributed by atoms with Gasteiger partial charge in [0.1, 0.15) is 5.82 Å². The molecule has 0 saturated carbocycles. The van der Waals surface area contributed by atoms with E-state index < -0.39 is 17.9 Å². The van der Waals surface area contributed by atoms with E-state index in [4.69, 9.17) is 5.73 Å². The quantitative estimate of drug-likeness (QED) is 0.866. The SMILES string of the molecule is CC(N)Cc1cccc(F)c1N1CCC(C(F)(F)F)CC1. The summed E-state index contributed by atoms with van der Waals surface area (Å²) in [5.74, 6) is -1.67. The van der Waals surface area contributed by atoms with Gasteiger partial charge in [-0.2, -0.15) is 13.2 Å². The molecular formula is C15H20F4N2. The number of nitrogens with two attached hydrogens (primary N) is 1. The summed E-state index contributed by atoms with van der Waals surface area (Å²) in [6, 6.07) is 4.62. The number of alkyl halides is 3. The molecule has 2 nitrogen and oxygen atoms in total. The van der Waals surface area contributed by atoms with Crippen LogP contribution >= 0.6 is 0 Å². The number of anilines is 1. The van der Waals surface area contributed by atoms with Crippen LogP contribution in [0.2, 0.25) is 0 Å². The first kappa shape index (κ1) is 16.1. The van der Waals surface area contributed by atoms with Crippen LogP contribution in [-0.2, 0) is 6.42 Å². The van der Waals surface area contributed by atoms with Gasteiger partial charge in [0.25, 0.3) is 0 Å². The molecule has 0 aliphatic carbocycles. The van der Waals surface area contributed by atoms with Gasteiger partial charge in [-0.1, -0.05) is 12.1 Å². The van der Waals surface area contributed by atoms with E-state index in [1.165, 1.54) is 6.07 Å². The summed E-state index contributed by atoms with van der Waals surface area (Å²) in [4.78, 5) is 1.72. The maximum absolute atomic E-state index is 14.1. The number of halogens is 4. The molecule has 0 amide bonds. The first-order valence-corrected chi connectivity index (χ1v) is 7.13. The Kier molecular flexibility index (Phi) is 4.76. The summed E-state index contributed by atoms with van der Waals surface area (Å²) in [7, 11) is 0. The largest absolute Gasteiger partial charge is 0.391 e. The van der Waals surface area contributed by atoms with Crippen LogP contribution in [0.4, 0.5) is 23.2 Å². The minimum Gasteiger partial charge on any atom is -0.369 e. The van der Waals surface area contributed by atoms with Crippen molar-refractivity contribution in [3.05, 3.63) is 29.6 Å². The Balaban J connectivity index is 2.16. The lowest BCUT2D eigenvalue weighted by Gasteiger charge is -2.35. The lowest BCUT2D eigenvalue weighted by atomic mass is 9.94. The minimum atomic E-state index is -4.16. The van der Waals surface area contributed by atoms with E-state index in [9.17, 15) is 17.6 Å². The molecule has 6 heteroatoms. The molecule has 1 heterocycles. The van der Waals surface area contributed by atoms with Gasteiger partial charge in [0.05, 0.1) is 11.6 Å². The van der Waals surface area contributed by atoms with Crippen molar-refractivity contribution in [1.82, 2.24) is 0 Å². The summed E-state index contributed by atoms with van der Waals surface area (Å²) < 4.78 is 52.2.